The predicted octanol–water partition coefficient (Wildman–Crippen LogP) is 6.62. The standard InChI is InChI=1S/C36H55ClN6O9S.C3H8.C2H5N.2C2H6/c1-8-11-15-43(16-14-39-34(47)24-12-13-27(44)31(46)29(24)37)19-23(20-53)18-40-35(48)25(17-28(45)51-7)30(42-52-32(21(4)5)36(49)50)26(10-3)41-33(38)22(6)9-2;1-3-2;1-2-3;2*1-2/h10,12-13,18,21-22,25,32,44,46,53H,8-9,11,14-17,19-20H2,1-7H3,(H2,38,41)(H,39,47)(H,40,48)(H,49,50);3H2,1-2H3;2H,1,3H2;2*1-2H3/p+1/b23-18-,26-10-,42-30+;;;;. The van der Waals surface area contributed by atoms with Crippen LogP contribution in [-0.4, -0.2) is 95.8 Å². The van der Waals surface area contributed by atoms with Crippen LogP contribution in [0.5, 0.6) is 11.5 Å². The van der Waals surface area contributed by atoms with Gasteiger partial charge in [-0.05, 0) is 38.1 Å². The zero-order valence-corrected chi connectivity index (χ0v) is 41.8. The molecule has 0 saturated carbocycles. The van der Waals surface area contributed by atoms with Crippen molar-refractivity contribution in [1.82, 2.24) is 10.6 Å². The van der Waals surface area contributed by atoms with Gasteiger partial charge in [0.25, 0.3) is 5.91 Å². The molecule has 1 aromatic carbocycles. The normalized spacial score (nSPS) is 13.3. The number of rotatable bonds is 23. The Hall–Kier alpha value is -4.74. The fraction of sp³-hybridized carbons (Fsp3) is 0.600. The Morgan fingerprint density at radius 1 is 1.05 bits per heavy atom. The lowest BCUT2D eigenvalue weighted by atomic mass is 9.95. The summed E-state index contributed by atoms with van der Waals surface area (Å²) >= 11 is 10.5. The molecular formula is C45H81ClN7O9S+. The van der Waals surface area contributed by atoms with Gasteiger partial charge in [0.2, 0.25) is 12.0 Å². The molecule has 0 radical (unpaired) electrons. The lowest BCUT2D eigenvalue weighted by molar-refractivity contribution is -0.894. The molecule has 362 valence electrons. The number of allylic oxidation sites excluding steroid dienone is 2. The van der Waals surface area contributed by atoms with Gasteiger partial charge in [0.05, 0.1) is 55.4 Å². The van der Waals surface area contributed by atoms with Crippen molar-refractivity contribution in [2.75, 3.05) is 39.0 Å². The molecule has 1 aromatic rings. The summed E-state index contributed by atoms with van der Waals surface area (Å²) in [6, 6.07) is 2.49. The number of hydrogen-bond acceptors (Lipinski definition) is 12. The van der Waals surface area contributed by atoms with Gasteiger partial charge in [-0.3, -0.25) is 14.4 Å². The van der Waals surface area contributed by atoms with Crippen LogP contribution in [0.25, 0.3) is 0 Å². The molecule has 16 nitrogen and oxygen atoms in total. The van der Waals surface area contributed by atoms with Gasteiger partial charge >= 0.3 is 11.9 Å². The highest BCUT2D eigenvalue weighted by Crippen LogP contribution is 2.35. The molecule has 0 bridgehead atoms. The number of aliphatic imine (C=N–C) groups is 1. The van der Waals surface area contributed by atoms with E-state index in [1.54, 1.807) is 26.8 Å². The van der Waals surface area contributed by atoms with E-state index in [0.29, 0.717) is 19.5 Å². The second-order valence-corrected chi connectivity index (χ2v) is 14.4. The van der Waals surface area contributed by atoms with Gasteiger partial charge in [-0.2, -0.15) is 12.6 Å². The fourth-order valence-electron chi connectivity index (χ4n) is 4.80. The van der Waals surface area contributed by atoms with Gasteiger partial charge in [-0.1, -0.05) is 118 Å². The lowest BCUT2D eigenvalue weighted by Crippen LogP contribution is -3.13. The number of esters is 1. The van der Waals surface area contributed by atoms with Crippen LogP contribution in [0.2, 0.25) is 5.02 Å². The summed E-state index contributed by atoms with van der Waals surface area (Å²) in [7, 11) is 1.18. The Bertz CT molecular complexity index is 1600. The lowest BCUT2D eigenvalue weighted by Gasteiger charge is -2.22. The quantitative estimate of drug-likeness (QED) is 0.0141. The van der Waals surface area contributed by atoms with Crippen LogP contribution in [-0.2, 0) is 24.0 Å². The first kappa shape index (κ1) is 64.9. The zero-order valence-electron chi connectivity index (χ0n) is 40.1. The summed E-state index contributed by atoms with van der Waals surface area (Å²) in [5, 5.41) is 38.7. The first-order valence-corrected chi connectivity index (χ1v) is 22.7. The van der Waals surface area contributed by atoms with Crippen molar-refractivity contribution in [2.45, 2.75) is 121 Å². The number of oxime groups is 1. The van der Waals surface area contributed by atoms with Crippen LogP contribution in [0.15, 0.2) is 58.6 Å². The molecule has 10 N–H and O–H groups in total. The summed E-state index contributed by atoms with van der Waals surface area (Å²) in [5.41, 5.74) is 11.6. The van der Waals surface area contributed by atoms with E-state index in [2.05, 4.69) is 66.5 Å². The van der Waals surface area contributed by atoms with Gasteiger partial charge in [0.15, 0.2) is 11.5 Å². The molecule has 0 aliphatic rings. The summed E-state index contributed by atoms with van der Waals surface area (Å²) in [6.45, 7) is 28.1. The number of thiol groups is 1. The number of halogens is 1. The van der Waals surface area contributed by atoms with Gasteiger partial charge in [0.1, 0.15) is 18.1 Å². The third-order valence-corrected chi connectivity index (χ3v) is 9.14. The van der Waals surface area contributed by atoms with Gasteiger partial charge in [-0.25, -0.2) is 9.79 Å². The first-order chi connectivity index (χ1) is 29.9. The minimum absolute atomic E-state index is 0.0163. The number of nitrogens with two attached hydrogens (primary N) is 2. The molecule has 63 heavy (non-hydrogen) atoms. The number of benzene rings is 1. The van der Waals surface area contributed by atoms with Crippen molar-refractivity contribution in [3.05, 3.63) is 59.0 Å². The summed E-state index contributed by atoms with van der Waals surface area (Å²) in [4.78, 5) is 62.3. The molecule has 0 heterocycles. The minimum atomic E-state index is -1.36. The Morgan fingerprint density at radius 2 is 1.62 bits per heavy atom. The number of nitrogens with one attached hydrogen (secondary N) is 3. The molecular weight excluding hydrogens is 850 g/mol. The number of phenolic OH excluding ortho intramolecular Hbond substituents is 2. The first-order valence-electron chi connectivity index (χ1n) is 21.7. The maximum absolute atomic E-state index is 13.9. The van der Waals surface area contributed by atoms with Crippen molar-refractivity contribution in [3.63, 3.8) is 0 Å². The third kappa shape index (κ3) is 27.1. The van der Waals surface area contributed by atoms with Crippen molar-refractivity contribution < 1.29 is 49.0 Å². The number of amides is 2. The predicted molar refractivity (Wildman–Crippen MR) is 260 cm³/mol. The van der Waals surface area contributed by atoms with Crippen LogP contribution in [0.1, 0.15) is 126 Å². The number of nitrogens with zero attached hydrogens (tertiary/aromatic N) is 2. The highest BCUT2D eigenvalue weighted by molar-refractivity contribution is 7.80. The topological polar surface area (TPSA) is 253 Å². The second kappa shape index (κ2) is 40.1. The Morgan fingerprint density at radius 3 is 2.08 bits per heavy atom. The summed E-state index contributed by atoms with van der Waals surface area (Å²) < 4.78 is 4.89. The molecule has 0 fully saturated rings. The minimum Gasteiger partial charge on any atom is -0.504 e. The highest BCUT2D eigenvalue weighted by atomic mass is 35.5. The van der Waals surface area contributed by atoms with Gasteiger partial charge < -0.3 is 51.9 Å². The molecule has 1 rings (SSSR count). The smallest absolute Gasteiger partial charge is 0.348 e. The van der Waals surface area contributed by atoms with E-state index >= 15 is 0 Å². The molecule has 0 aromatic heterocycles. The summed E-state index contributed by atoms with van der Waals surface area (Å²) in [6.07, 6.45) is 6.19. The number of methoxy groups -OCH3 is 1. The molecule has 2 amide bonds. The van der Waals surface area contributed by atoms with Crippen LogP contribution in [0, 0.1) is 17.8 Å². The zero-order chi connectivity index (χ0) is 49.7. The van der Waals surface area contributed by atoms with E-state index in [9.17, 15) is 34.5 Å². The molecule has 0 aliphatic heterocycles. The van der Waals surface area contributed by atoms with E-state index in [0.717, 1.165) is 29.9 Å². The number of aliphatic carboxylic acids is 1. The molecule has 4 unspecified atom stereocenters. The van der Waals surface area contributed by atoms with Gasteiger partial charge in [-0.15, -0.1) is 0 Å². The number of carboxylic acid groups (broad SMARTS) is 1. The van der Waals surface area contributed by atoms with E-state index in [-0.39, 0.29) is 46.0 Å². The molecule has 0 spiro atoms. The number of aromatic hydroxyl groups is 2. The molecule has 4 atom stereocenters. The SMILES string of the molecule is C/C=C(N=C(N)C(C)CC)/C(=N/OC(C(=O)O)C(C)C)C(CC(=O)OC)C(=O)N/C=C(\CS)C[NH+](CCCC)CCNC(=O)c1ccc(O)c(O)c1Cl.C=CN.CC.CC.CCC. The molecule has 18 heteroatoms. The number of quaternary nitrogens is 1. The Kier molecular flexibility index (Phi) is 41.3. The fourth-order valence-corrected chi connectivity index (χ4v) is 5.25. The molecule has 0 aliphatic carbocycles. The van der Waals surface area contributed by atoms with Crippen LogP contribution in [0.3, 0.4) is 0 Å². The van der Waals surface area contributed by atoms with Crippen LogP contribution < -0.4 is 27.0 Å². The summed E-state index contributed by atoms with van der Waals surface area (Å²) in [5.74, 6) is -5.63. The number of ether oxygens (including phenoxy) is 1. The second-order valence-electron chi connectivity index (χ2n) is 13.7. The van der Waals surface area contributed by atoms with Crippen molar-refractivity contribution >= 4 is 59.5 Å². The third-order valence-electron chi connectivity index (χ3n) is 8.35. The molecule has 0 saturated heterocycles. The van der Waals surface area contributed by atoms with E-state index < -0.39 is 59.6 Å². The van der Waals surface area contributed by atoms with Crippen molar-refractivity contribution in [3.8, 4) is 11.5 Å². The number of amidine groups is 1. The monoisotopic (exact) mass is 931 g/mol. The average molecular weight is 932 g/mol. The number of unbranched alkanes of at least 4 members (excludes halogenated alkanes) is 1. The number of phenols is 2. The van der Waals surface area contributed by atoms with Crippen molar-refractivity contribution in [1.29, 1.82) is 0 Å². The van der Waals surface area contributed by atoms with Crippen molar-refractivity contribution in [2.24, 2.45) is 39.4 Å². The van der Waals surface area contributed by atoms with Crippen LogP contribution in [0.4, 0.5) is 0 Å². The van der Waals surface area contributed by atoms with E-state index in [1.807, 2.05) is 41.5 Å². The Balaban J connectivity index is -0.00000159. The maximum Gasteiger partial charge on any atom is 0.348 e. The largest absolute Gasteiger partial charge is 0.504 e. The van der Waals surface area contributed by atoms with Gasteiger partial charge in [0, 0.05) is 29.4 Å². The number of carbonyl (C=O) groups is 4. The van der Waals surface area contributed by atoms with E-state index in [4.69, 9.17) is 26.9 Å². The van der Waals surface area contributed by atoms with Crippen LogP contribution >= 0.6 is 24.2 Å². The number of carboxylic acids is 1. The maximum atomic E-state index is 13.9. The average Bonchev–Trinajstić information content (AvgIpc) is 3.26. The number of carbonyl (C=O) groups excluding carboxylic acids is 3. The number of hydrogen-bond donors (Lipinski definition) is 9. The highest BCUT2D eigenvalue weighted by Gasteiger charge is 2.33. The van der Waals surface area contributed by atoms with E-state index in [1.165, 1.54) is 38.1 Å². The Labute approximate surface area is 388 Å².